The van der Waals surface area contributed by atoms with E-state index in [-0.39, 0.29) is 29.8 Å². The molecule has 2 atom stereocenters. The predicted molar refractivity (Wildman–Crippen MR) is 99.9 cm³/mol. The van der Waals surface area contributed by atoms with E-state index in [2.05, 4.69) is 0 Å². The lowest BCUT2D eigenvalue weighted by atomic mass is 9.97. The molecule has 1 unspecified atom stereocenters. The van der Waals surface area contributed by atoms with E-state index in [1.165, 1.54) is 11.6 Å². The number of carbonyl (C=O) groups excluding carboxylic acids is 2. The minimum Gasteiger partial charge on any atom is -0.466 e. The summed E-state index contributed by atoms with van der Waals surface area (Å²) in [6.45, 7) is 5.58. The largest absolute Gasteiger partial charge is 0.466 e. The molecule has 1 aromatic rings. The van der Waals surface area contributed by atoms with E-state index in [1.54, 1.807) is 6.92 Å². The SMILES string of the molecule is CCCn1c(N)c(C(=O)C[NH+]2CCC[C@@H](C(=O)OCC)C2)c(=O)n(C)c1=O. The van der Waals surface area contributed by atoms with Crippen LogP contribution >= 0.6 is 0 Å². The van der Waals surface area contributed by atoms with E-state index in [1.807, 2.05) is 6.92 Å². The van der Waals surface area contributed by atoms with E-state index in [4.69, 9.17) is 10.5 Å². The lowest BCUT2D eigenvalue weighted by molar-refractivity contribution is -0.899. The average molecular weight is 381 g/mol. The molecule has 0 saturated carbocycles. The Labute approximate surface area is 157 Å². The first-order valence-electron chi connectivity index (χ1n) is 9.44. The molecule has 1 aromatic heterocycles. The number of likely N-dealkylation sites (tertiary alicyclic amines) is 1. The van der Waals surface area contributed by atoms with Crippen LogP contribution in [0.1, 0.15) is 43.5 Å². The number of Topliss-reactive ketones (excluding diaryl/α,β-unsaturated/α-hetero) is 1. The van der Waals surface area contributed by atoms with Gasteiger partial charge < -0.3 is 15.4 Å². The van der Waals surface area contributed by atoms with E-state index in [0.29, 0.717) is 26.1 Å². The van der Waals surface area contributed by atoms with E-state index >= 15 is 0 Å². The van der Waals surface area contributed by atoms with Gasteiger partial charge in [0.15, 0.2) is 0 Å². The van der Waals surface area contributed by atoms with Gasteiger partial charge in [-0.05, 0) is 26.2 Å². The Morgan fingerprint density at radius 1 is 1.30 bits per heavy atom. The van der Waals surface area contributed by atoms with Gasteiger partial charge in [-0.1, -0.05) is 6.92 Å². The van der Waals surface area contributed by atoms with E-state index < -0.39 is 17.0 Å². The topological polar surface area (TPSA) is 118 Å². The van der Waals surface area contributed by atoms with Crippen molar-refractivity contribution in [3.8, 4) is 0 Å². The number of rotatable bonds is 7. The third-order valence-electron chi connectivity index (χ3n) is 4.96. The van der Waals surface area contributed by atoms with Crippen molar-refractivity contribution in [1.29, 1.82) is 0 Å². The van der Waals surface area contributed by atoms with Crippen molar-refractivity contribution >= 4 is 17.6 Å². The highest BCUT2D eigenvalue weighted by Crippen LogP contribution is 2.10. The molecule has 150 valence electrons. The quantitative estimate of drug-likeness (QED) is 0.442. The van der Waals surface area contributed by atoms with Gasteiger partial charge >= 0.3 is 11.7 Å². The molecule has 1 fully saturated rings. The summed E-state index contributed by atoms with van der Waals surface area (Å²) in [6, 6.07) is 0. The molecule has 9 nitrogen and oxygen atoms in total. The Morgan fingerprint density at radius 3 is 2.63 bits per heavy atom. The number of hydrogen-bond donors (Lipinski definition) is 2. The zero-order chi connectivity index (χ0) is 20.1. The third-order valence-corrected chi connectivity index (χ3v) is 4.96. The van der Waals surface area contributed by atoms with Crippen molar-refractivity contribution in [3.63, 3.8) is 0 Å². The summed E-state index contributed by atoms with van der Waals surface area (Å²) >= 11 is 0. The van der Waals surface area contributed by atoms with Gasteiger partial charge in [-0.15, -0.1) is 0 Å². The number of nitrogens with zero attached hydrogens (tertiary/aromatic N) is 2. The van der Waals surface area contributed by atoms with Crippen LogP contribution in [-0.2, 0) is 23.1 Å². The first-order valence-corrected chi connectivity index (χ1v) is 9.44. The van der Waals surface area contributed by atoms with Crippen LogP contribution in [0.2, 0.25) is 0 Å². The molecule has 1 aliphatic heterocycles. The Morgan fingerprint density at radius 2 is 2.00 bits per heavy atom. The Balaban J connectivity index is 2.24. The van der Waals surface area contributed by atoms with Gasteiger partial charge in [-0.3, -0.25) is 23.5 Å². The molecule has 2 rings (SSSR count). The smallest absolute Gasteiger partial charge is 0.332 e. The summed E-state index contributed by atoms with van der Waals surface area (Å²) in [7, 11) is 1.34. The molecule has 9 heteroatoms. The third kappa shape index (κ3) is 4.47. The number of ether oxygens (including phenoxy) is 1. The fourth-order valence-corrected chi connectivity index (χ4v) is 3.57. The van der Waals surface area contributed by atoms with Gasteiger partial charge in [-0.2, -0.15) is 0 Å². The maximum absolute atomic E-state index is 12.8. The Hall–Kier alpha value is -2.42. The van der Waals surface area contributed by atoms with E-state index in [0.717, 1.165) is 28.9 Å². The fourth-order valence-electron chi connectivity index (χ4n) is 3.57. The molecule has 0 bridgehead atoms. The number of anilines is 1. The summed E-state index contributed by atoms with van der Waals surface area (Å²) in [5, 5.41) is 0. The second-order valence-corrected chi connectivity index (χ2v) is 6.95. The molecular formula is C18H29N4O5+. The van der Waals surface area contributed by atoms with Crippen molar-refractivity contribution in [2.75, 3.05) is 32.0 Å². The number of quaternary nitrogens is 1. The molecule has 0 aliphatic carbocycles. The zero-order valence-corrected chi connectivity index (χ0v) is 16.2. The van der Waals surface area contributed by atoms with Crippen LogP contribution in [0.15, 0.2) is 9.59 Å². The maximum Gasteiger partial charge on any atom is 0.332 e. The van der Waals surface area contributed by atoms with Crippen LogP contribution in [0.25, 0.3) is 0 Å². The zero-order valence-electron chi connectivity index (χ0n) is 16.2. The molecule has 0 radical (unpaired) electrons. The summed E-state index contributed by atoms with van der Waals surface area (Å²) < 4.78 is 7.27. The van der Waals surface area contributed by atoms with Crippen LogP contribution in [-0.4, -0.2) is 47.1 Å². The van der Waals surface area contributed by atoms with Crippen molar-refractivity contribution < 1.29 is 19.2 Å². The Kier molecular flexibility index (Phi) is 6.95. The standard InChI is InChI=1S/C18H28N4O5/c1-4-8-22-15(19)14(16(24)20(3)18(22)26)13(23)11-21-9-6-7-12(10-21)17(25)27-5-2/h12H,4-11,19H2,1-3H3/p+1/t12-/m1/s1. The first kappa shape index (κ1) is 20.9. The lowest BCUT2D eigenvalue weighted by Crippen LogP contribution is -3.14. The van der Waals surface area contributed by atoms with Crippen LogP contribution in [0, 0.1) is 5.92 Å². The predicted octanol–water partition coefficient (Wildman–Crippen LogP) is -1.42. The molecule has 0 aromatic carbocycles. The minimum absolute atomic E-state index is 0.0552. The number of ketones is 1. The molecule has 1 saturated heterocycles. The number of hydrogen-bond acceptors (Lipinski definition) is 6. The van der Waals surface area contributed by atoms with Gasteiger partial charge in [0.05, 0.1) is 19.7 Å². The number of aromatic nitrogens is 2. The molecule has 0 spiro atoms. The van der Waals surface area contributed by atoms with Crippen molar-refractivity contribution in [2.45, 2.75) is 39.7 Å². The number of nitrogens with one attached hydrogen (secondary N) is 1. The molecule has 0 amide bonds. The first-order chi connectivity index (χ1) is 12.8. The van der Waals surface area contributed by atoms with Gasteiger partial charge in [-0.25, -0.2) is 4.79 Å². The van der Waals surface area contributed by atoms with Crippen molar-refractivity contribution in [1.82, 2.24) is 9.13 Å². The minimum atomic E-state index is -0.673. The molecule has 27 heavy (non-hydrogen) atoms. The fraction of sp³-hybridized carbons (Fsp3) is 0.667. The van der Waals surface area contributed by atoms with Crippen LogP contribution < -0.4 is 21.9 Å². The highest BCUT2D eigenvalue weighted by molar-refractivity contribution is 6.00. The van der Waals surface area contributed by atoms with Crippen LogP contribution in [0.5, 0.6) is 0 Å². The number of nitrogens with two attached hydrogens (primary N) is 1. The number of nitrogen functional groups attached to an aromatic ring is 1. The number of piperidine rings is 1. The number of esters is 1. The second kappa shape index (κ2) is 8.98. The number of carbonyl (C=O) groups is 2. The van der Waals surface area contributed by atoms with Gasteiger partial charge in [0.1, 0.15) is 23.8 Å². The summed E-state index contributed by atoms with van der Waals surface area (Å²) in [6.07, 6.45) is 2.19. The summed E-state index contributed by atoms with van der Waals surface area (Å²) in [5.41, 5.74) is 4.67. The Bertz CT molecular complexity index is 826. The van der Waals surface area contributed by atoms with Crippen molar-refractivity contribution in [2.24, 2.45) is 13.0 Å². The summed E-state index contributed by atoms with van der Waals surface area (Å²) in [5.74, 6) is -0.962. The maximum atomic E-state index is 12.8. The van der Waals surface area contributed by atoms with Crippen molar-refractivity contribution in [3.05, 3.63) is 26.4 Å². The molecular weight excluding hydrogens is 352 g/mol. The van der Waals surface area contributed by atoms with Gasteiger partial charge in [0, 0.05) is 13.6 Å². The van der Waals surface area contributed by atoms with Crippen LogP contribution in [0.3, 0.4) is 0 Å². The molecule has 2 heterocycles. The van der Waals surface area contributed by atoms with Gasteiger partial charge in [0.2, 0.25) is 5.78 Å². The summed E-state index contributed by atoms with van der Waals surface area (Å²) in [4.78, 5) is 50.4. The normalized spacial score (nSPS) is 19.7. The molecule has 3 N–H and O–H groups in total. The molecule has 1 aliphatic rings. The average Bonchev–Trinajstić information content (AvgIpc) is 2.64. The second-order valence-electron chi connectivity index (χ2n) is 6.95. The lowest BCUT2D eigenvalue weighted by Gasteiger charge is -2.28. The monoisotopic (exact) mass is 381 g/mol. The van der Waals surface area contributed by atoms with E-state index in [9.17, 15) is 19.2 Å². The van der Waals surface area contributed by atoms with Crippen LogP contribution in [0.4, 0.5) is 5.82 Å². The highest BCUT2D eigenvalue weighted by atomic mass is 16.5. The highest BCUT2D eigenvalue weighted by Gasteiger charge is 2.32. The van der Waals surface area contributed by atoms with Gasteiger partial charge in [0.25, 0.3) is 5.56 Å².